The van der Waals surface area contributed by atoms with Gasteiger partial charge in [0.05, 0.1) is 13.2 Å². The number of hydrogen-bond acceptors (Lipinski definition) is 3. The largest absolute Gasteiger partial charge is 0.494 e. The summed E-state index contributed by atoms with van der Waals surface area (Å²) in [4.78, 5) is 0. The van der Waals surface area contributed by atoms with Crippen LogP contribution in [-0.4, -0.2) is 33.5 Å². The third-order valence-corrected chi connectivity index (χ3v) is 3.64. The van der Waals surface area contributed by atoms with E-state index in [0.717, 1.165) is 17.1 Å². The quantitative estimate of drug-likeness (QED) is 0.815. The van der Waals surface area contributed by atoms with Crippen molar-refractivity contribution in [2.75, 3.05) is 20.3 Å². The Kier molecular flexibility index (Phi) is 4.52. The highest BCUT2D eigenvalue weighted by Crippen LogP contribution is 2.21. The number of ether oxygens (including phenoxy) is 1. The molecule has 1 saturated heterocycles. The summed E-state index contributed by atoms with van der Waals surface area (Å²) in [5, 5.41) is 0. The fourth-order valence-corrected chi connectivity index (χ4v) is 2.32. The molecule has 1 aliphatic rings. The van der Waals surface area contributed by atoms with Crippen LogP contribution in [0.2, 0.25) is 0 Å². The van der Waals surface area contributed by atoms with E-state index in [1.807, 2.05) is 24.3 Å². The topological polar surface area (TPSA) is 27.7 Å². The summed E-state index contributed by atoms with van der Waals surface area (Å²) in [7, 11) is 1.19. The molecule has 22 heavy (non-hydrogen) atoms. The zero-order chi connectivity index (χ0) is 15.5. The van der Waals surface area contributed by atoms with E-state index in [0.29, 0.717) is 18.8 Å². The first kappa shape index (κ1) is 15.2. The monoisotopic (exact) mass is 304 g/mol. The summed E-state index contributed by atoms with van der Waals surface area (Å²) < 4.78 is 42.6. The van der Waals surface area contributed by atoms with Crippen LogP contribution in [0.4, 0.5) is 8.78 Å². The van der Waals surface area contributed by atoms with Crippen molar-refractivity contribution in [3.05, 3.63) is 54.1 Å². The van der Waals surface area contributed by atoms with Crippen molar-refractivity contribution in [3.63, 3.8) is 0 Å². The van der Waals surface area contributed by atoms with Crippen LogP contribution in [-0.2, 0) is 14.0 Å². The summed E-state index contributed by atoms with van der Waals surface area (Å²) >= 11 is 0. The molecular formula is C16H15BF2O3. The van der Waals surface area contributed by atoms with Gasteiger partial charge in [-0.3, -0.25) is 0 Å². The minimum atomic E-state index is -0.855. The molecule has 0 N–H and O–H groups in total. The van der Waals surface area contributed by atoms with E-state index < -0.39 is 18.8 Å². The summed E-state index contributed by atoms with van der Waals surface area (Å²) in [5.74, 6) is -1.71. The Morgan fingerprint density at radius 3 is 2.18 bits per heavy atom. The van der Waals surface area contributed by atoms with E-state index in [1.54, 1.807) is 13.2 Å². The number of methoxy groups -OCH3 is 1. The maximum Gasteiger partial charge on any atom is 0.494 e. The Morgan fingerprint density at radius 2 is 1.59 bits per heavy atom. The first-order valence-corrected chi connectivity index (χ1v) is 6.99. The highest BCUT2D eigenvalue weighted by molar-refractivity contribution is 6.61. The third kappa shape index (κ3) is 3.19. The Balaban J connectivity index is 1.74. The minimum absolute atomic E-state index is 0.0438. The van der Waals surface area contributed by atoms with E-state index >= 15 is 0 Å². The number of benzene rings is 2. The molecule has 6 heteroatoms. The zero-order valence-electron chi connectivity index (χ0n) is 12.1. The summed E-state index contributed by atoms with van der Waals surface area (Å²) in [6, 6.07) is 11.2. The van der Waals surface area contributed by atoms with Crippen LogP contribution in [0.5, 0.6) is 0 Å². The molecule has 0 unspecified atom stereocenters. The number of hydrogen-bond donors (Lipinski definition) is 0. The van der Waals surface area contributed by atoms with Gasteiger partial charge < -0.3 is 14.0 Å². The molecule has 0 aliphatic carbocycles. The molecule has 2 aromatic carbocycles. The number of halogens is 2. The lowest BCUT2D eigenvalue weighted by Gasteiger charge is -2.26. The fourth-order valence-electron chi connectivity index (χ4n) is 2.32. The molecule has 3 nitrogen and oxygen atoms in total. The van der Waals surface area contributed by atoms with Crippen LogP contribution in [0, 0.1) is 11.6 Å². The summed E-state index contributed by atoms with van der Waals surface area (Å²) in [6.07, 6.45) is -0.0438. The molecule has 3 rings (SSSR count). The summed E-state index contributed by atoms with van der Waals surface area (Å²) in [6.45, 7) is 0.957. The van der Waals surface area contributed by atoms with Gasteiger partial charge in [-0.05, 0) is 28.7 Å². The predicted molar refractivity (Wildman–Crippen MR) is 79.9 cm³/mol. The van der Waals surface area contributed by atoms with Gasteiger partial charge >= 0.3 is 7.12 Å². The van der Waals surface area contributed by atoms with Crippen molar-refractivity contribution >= 4 is 12.6 Å². The Bertz CT molecular complexity index is 640. The van der Waals surface area contributed by atoms with E-state index in [-0.39, 0.29) is 6.10 Å². The van der Waals surface area contributed by atoms with Gasteiger partial charge in [0.15, 0.2) is 11.6 Å². The van der Waals surface area contributed by atoms with Gasteiger partial charge in [0.2, 0.25) is 0 Å². The number of rotatable bonds is 3. The Hall–Kier alpha value is -1.76. The second-order valence-electron chi connectivity index (χ2n) is 5.11. The van der Waals surface area contributed by atoms with Gasteiger partial charge in [-0.1, -0.05) is 30.3 Å². The Labute approximate surface area is 128 Å². The molecule has 0 saturated carbocycles. The first-order chi connectivity index (χ1) is 10.7. The van der Waals surface area contributed by atoms with E-state index in [2.05, 4.69) is 0 Å². The molecular weight excluding hydrogens is 289 g/mol. The maximum absolute atomic E-state index is 13.3. The van der Waals surface area contributed by atoms with Crippen molar-refractivity contribution in [1.29, 1.82) is 0 Å². The molecule has 0 atom stereocenters. The van der Waals surface area contributed by atoms with E-state index in [9.17, 15) is 8.78 Å². The van der Waals surface area contributed by atoms with Crippen molar-refractivity contribution < 1.29 is 22.8 Å². The molecule has 0 aromatic heterocycles. The fraction of sp³-hybridized carbons (Fsp3) is 0.250. The lowest BCUT2D eigenvalue weighted by Crippen LogP contribution is -2.46. The van der Waals surface area contributed by atoms with Crippen molar-refractivity contribution in [2.45, 2.75) is 6.10 Å². The van der Waals surface area contributed by atoms with Crippen LogP contribution in [0.15, 0.2) is 42.5 Å². The van der Waals surface area contributed by atoms with Gasteiger partial charge in [-0.25, -0.2) is 8.78 Å². The van der Waals surface area contributed by atoms with Crippen LogP contribution < -0.4 is 5.46 Å². The van der Waals surface area contributed by atoms with Crippen molar-refractivity contribution in [2.24, 2.45) is 0 Å². The molecule has 1 aliphatic heterocycles. The van der Waals surface area contributed by atoms with Crippen LogP contribution in [0.3, 0.4) is 0 Å². The molecule has 1 fully saturated rings. The Morgan fingerprint density at radius 1 is 0.955 bits per heavy atom. The highest BCUT2D eigenvalue weighted by Gasteiger charge is 2.28. The van der Waals surface area contributed by atoms with Crippen LogP contribution >= 0.6 is 0 Å². The van der Waals surface area contributed by atoms with E-state index in [1.165, 1.54) is 6.07 Å². The molecule has 0 spiro atoms. The second kappa shape index (κ2) is 6.56. The average Bonchev–Trinajstić information content (AvgIpc) is 2.58. The molecule has 114 valence electrons. The van der Waals surface area contributed by atoms with E-state index in [4.69, 9.17) is 14.0 Å². The molecule has 0 bridgehead atoms. The van der Waals surface area contributed by atoms with Crippen LogP contribution in [0.1, 0.15) is 0 Å². The average molecular weight is 304 g/mol. The molecule has 0 amide bonds. The predicted octanol–water partition coefficient (Wildman–Crippen LogP) is 2.39. The van der Waals surface area contributed by atoms with Crippen molar-refractivity contribution in [1.82, 2.24) is 0 Å². The molecule has 0 radical (unpaired) electrons. The molecule has 1 heterocycles. The van der Waals surface area contributed by atoms with Gasteiger partial charge in [0, 0.05) is 7.11 Å². The van der Waals surface area contributed by atoms with Gasteiger partial charge in [0.1, 0.15) is 6.10 Å². The maximum atomic E-state index is 13.3. The lowest BCUT2D eigenvalue weighted by atomic mass is 9.77. The van der Waals surface area contributed by atoms with Gasteiger partial charge in [-0.15, -0.1) is 0 Å². The van der Waals surface area contributed by atoms with Gasteiger partial charge in [-0.2, -0.15) is 0 Å². The smallest absolute Gasteiger partial charge is 0.404 e. The first-order valence-electron chi connectivity index (χ1n) is 6.99. The minimum Gasteiger partial charge on any atom is -0.404 e. The third-order valence-electron chi connectivity index (χ3n) is 3.64. The lowest BCUT2D eigenvalue weighted by molar-refractivity contribution is -0.0186. The normalized spacial score (nSPS) is 16.0. The molecule has 2 aromatic rings. The summed E-state index contributed by atoms with van der Waals surface area (Å²) in [5.41, 5.74) is 2.30. The van der Waals surface area contributed by atoms with Crippen LogP contribution in [0.25, 0.3) is 11.1 Å². The van der Waals surface area contributed by atoms with Crippen molar-refractivity contribution in [3.8, 4) is 11.1 Å². The zero-order valence-corrected chi connectivity index (χ0v) is 12.1. The van der Waals surface area contributed by atoms with Gasteiger partial charge in [0.25, 0.3) is 0 Å². The SMILES string of the molecule is COC1COB(c2ccc(-c3ccc(F)c(F)c3)cc2)OC1. The highest BCUT2D eigenvalue weighted by atomic mass is 19.2. The second-order valence-corrected chi connectivity index (χ2v) is 5.11. The standard InChI is InChI=1S/C16H15BF2O3/c1-20-14-9-21-17(22-10-14)13-5-2-11(3-6-13)12-4-7-15(18)16(19)8-12/h2-8,14H,9-10H2,1H3.